The Morgan fingerprint density at radius 1 is 1.27 bits per heavy atom. The van der Waals surface area contributed by atoms with Gasteiger partial charge in [0.2, 0.25) is 5.91 Å². The van der Waals surface area contributed by atoms with E-state index in [9.17, 15) is 4.79 Å². The van der Waals surface area contributed by atoms with Crippen molar-refractivity contribution in [3.63, 3.8) is 0 Å². The van der Waals surface area contributed by atoms with Gasteiger partial charge in [0.05, 0.1) is 0 Å². The molecular weight excluding hydrogens is 340 g/mol. The predicted molar refractivity (Wildman–Crippen MR) is 92.9 cm³/mol. The van der Waals surface area contributed by atoms with Crippen molar-refractivity contribution >= 4 is 21.8 Å². The molecule has 4 heteroatoms. The van der Waals surface area contributed by atoms with Crippen LogP contribution in [0.3, 0.4) is 0 Å². The van der Waals surface area contributed by atoms with Crippen LogP contribution < -0.4 is 10.6 Å². The highest BCUT2D eigenvalue weighted by molar-refractivity contribution is 9.10. The van der Waals surface area contributed by atoms with Gasteiger partial charge in [-0.1, -0.05) is 34.1 Å². The summed E-state index contributed by atoms with van der Waals surface area (Å²) in [6, 6.07) is 8.40. The lowest BCUT2D eigenvalue weighted by atomic mass is 9.93. The Balaban J connectivity index is 1.46. The van der Waals surface area contributed by atoms with Crippen LogP contribution in [0.2, 0.25) is 0 Å². The van der Waals surface area contributed by atoms with Gasteiger partial charge in [-0.05, 0) is 62.7 Å². The minimum Gasteiger partial charge on any atom is -0.355 e. The van der Waals surface area contributed by atoms with Crippen LogP contribution in [0.25, 0.3) is 0 Å². The third-order valence-corrected chi connectivity index (χ3v) is 5.85. The van der Waals surface area contributed by atoms with Gasteiger partial charge in [-0.3, -0.25) is 4.79 Å². The van der Waals surface area contributed by atoms with Crippen LogP contribution in [-0.2, 0) is 10.2 Å². The van der Waals surface area contributed by atoms with E-state index in [0.717, 1.165) is 36.4 Å². The summed E-state index contributed by atoms with van der Waals surface area (Å²) in [4.78, 5) is 12.1. The second kappa shape index (κ2) is 7.14. The lowest BCUT2D eigenvalue weighted by Gasteiger charge is -2.22. The van der Waals surface area contributed by atoms with Gasteiger partial charge in [-0.25, -0.2) is 0 Å². The number of hydrogen-bond donors (Lipinski definition) is 2. The van der Waals surface area contributed by atoms with Crippen molar-refractivity contribution in [2.75, 3.05) is 19.6 Å². The van der Waals surface area contributed by atoms with E-state index in [1.54, 1.807) is 0 Å². The lowest BCUT2D eigenvalue weighted by molar-refractivity contribution is -0.121. The molecule has 1 saturated carbocycles. The number of piperidine rings is 1. The minimum absolute atomic E-state index is 0.171. The monoisotopic (exact) mass is 364 g/mol. The zero-order valence-electron chi connectivity index (χ0n) is 13.0. The molecule has 1 heterocycles. The highest BCUT2D eigenvalue weighted by atomic mass is 79.9. The van der Waals surface area contributed by atoms with E-state index >= 15 is 0 Å². The third-order valence-electron chi connectivity index (χ3n) is 5.16. The first-order valence-corrected chi connectivity index (χ1v) is 9.21. The number of benzene rings is 1. The maximum absolute atomic E-state index is 12.1. The summed E-state index contributed by atoms with van der Waals surface area (Å²) in [6.07, 6.45) is 6.49. The van der Waals surface area contributed by atoms with Crippen LogP contribution in [0.15, 0.2) is 28.7 Å². The van der Waals surface area contributed by atoms with Crippen molar-refractivity contribution in [3.8, 4) is 0 Å². The van der Waals surface area contributed by atoms with Gasteiger partial charge in [-0.2, -0.15) is 0 Å². The summed E-state index contributed by atoms with van der Waals surface area (Å²) in [5, 5.41) is 6.55. The van der Waals surface area contributed by atoms with Gasteiger partial charge in [0.15, 0.2) is 0 Å². The predicted octanol–water partition coefficient (Wildman–Crippen LogP) is 3.38. The summed E-state index contributed by atoms with van der Waals surface area (Å²) in [5.41, 5.74) is 1.51. The van der Waals surface area contributed by atoms with Crippen molar-refractivity contribution in [3.05, 3.63) is 34.3 Å². The molecule has 22 heavy (non-hydrogen) atoms. The number of nitrogens with one attached hydrogen (secondary N) is 2. The van der Waals surface area contributed by atoms with E-state index in [1.807, 2.05) is 6.07 Å². The smallest absolute Gasteiger partial charge is 0.220 e. The van der Waals surface area contributed by atoms with Crippen molar-refractivity contribution in [1.82, 2.24) is 10.6 Å². The number of rotatable bonds is 6. The fourth-order valence-corrected chi connectivity index (χ4v) is 4.15. The first-order chi connectivity index (χ1) is 10.7. The molecule has 120 valence electrons. The van der Waals surface area contributed by atoms with Crippen LogP contribution >= 0.6 is 15.9 Å². The Hall–Kier alpha value is -0.870. The van der Waals surface area contributed by atoms with Gasteiger partial charge in [0, 0.05) is 22.9 Å². The van der Waals surface area contributed by atoms with Crippen LogP contribution in [0, 0.1) is 5.92 Å². The molecule has 1 aliphatic heterocycles. The van der Waals surface area contributed by atoms with E-state index in [2.05, 4.69) is 44.8 Å². The van der Waals surface area contributed by atoms with Gasteiger partial charge in [-0.15, -0.1) is 0 Å². The molecule has 1 aliphatic carbocycles. The molecule has 1 aromatic rings. The number of carbonyl (C=O) groups excluding carboxylic acids is 1. The number of carbonyl (C=O) groups is 1. The zero-order chi connectivity index (χ0) is 15.4. The van der Waals surface area contributed by atoms with E-state index in [4.69, 9.17) is 0 Å². The Morgan fingerprint density at radius 3 is 2.68 bits per heavy atom. The molecule has 3 rings (SSSR count). The second-order valence-corrected chi connectivity index (χ2v) is 7.62. The SMILES string of the molecule is O=C(CCC1CCNCC1)NCC1(c2ccccc2Br)CC1. The van der Waals surface area contributed by atoms with Crippen molar-refractivity contribution in [2.45, 2.75) is 43.9 Å². The summed E-state index contributed by atoms with van der Waals surface area (Å²) in [5.74, 6) is 0.946. The molecule has 2 fully saturated rings. The average molecular weight is 365 g/mol. The minimum atomic E-state index is 0.171. The van der Waals surface area contributed by atoms with Crippen LogP contribution in [0.1, 0.15) is 44.1 Å². The molecule has 1 saturated heterocycles. The van der Waals surface area contributed by atoms with Crippen molar-refractivity contribution < 1.29 is 4.79 Å². The summed E-state index contributed by atoms with van der Waals surface area (Å²) in [7, 11) is 0. The largest absolute Gasteiger partial charge is 0.355 e. The number of halogens is 1. The molecule has 3 nitrogen and oxygen atoms in total. The highest BCUT2D eigenvalue weighted by Gasteiger charge is 2.45. The molecule has 0 unspecified atom stereocenters. The van der Waals surface area contributed by atoms with E-state index in [-0.39, 0.29) is 11.3 Å². The molecule has 0 atom stereocenters. The third kappa shape index (κ3) is 3.90. The highest BCUT2D eigenvalue weighted by Crippen LogP contribution is 2.49. The molecule has 0 aromatic heterocycles. The topological polar surface area (TPSA) is 41.1 Å². The molecule has 1 aromatic carbocycles. The zero-order valence-corrected chi connectivity index (χ0v) is 14.6. The first-order valence-electron chi connectivity index (χ1n) is 8.42. The molecule has 2 N–H and O–H groups in total. The molecular formula is C18H25BrN2O. The first kappa shape index (κ1) is 16.0. The van der Waals surface area contributed by atoms with E-state index in [1.165, 1.54) is 31.2 Å². The molecule has 2 aliphatic rings. The Labute approximate surface area is 141 Å². The quantitative estimate of drug-likeness (QED) is 0.812. The fourth-order valence-electron chi connectivity index (χ4n) is 3.45. The number of amides is 1. The standard InChI is InChI=1S/C18H25BrN2O/c19-16-4-2-1-3-15(16)18(9-10-18)13-21-17(22)6-5-14-7-11-20-12-8-14/h1-4,14,20H,5-13H2,(H,21,22). The molecule has 0 bridgehead atoms. The van der Waals surface area contributed by atoms with Crippen LogP contribution in [-0.4, -0.2) is 25.5 Å². The van der Waals surface area contributed by atoms with Gasteiger partial charge in [0.1, 0.15) is 0 Å². The normalized spacial score (nSPS) is 20.6. The Morgan fingerprint density at radius 2 is 2.00 bits per heavy atom. The molecule has 0 radical (unpaired) electrons. The van der Waals surface area contributed by atoms with E-state index in [0.29, 0.717) is 6.42 Å². The maximum Gasteiger partial charge on any atom is 0.220 e. The second-order valence-electron chi connectivity index (χ2n) is 6.77. The van der Waals surface area contributed by atoms with Crippen LogP contribution in [0.4, 0.5) is 0 Å². The average Bonchev–Trinajstić information content (AvgIpc) is 3.33. The fraction of sp³-hybridized carbons (Fsp3) is 0.611. The van der Waals surface area contributed by atoms with Crippen molar-refractivity contribution in [2.24, 2.45) is 5.92 Å². The summed E-state index contributed by atoms with van der Waals surface area (Å²) >= 11 is 3.64. The summed E-state index contributed by atoms with van der Waals surface area (Å²) in [6.45, 7) is 3.00. The van der Waals surface area contributed by atoms with E-state index < -0.39 is 0 Å². The Bertz CT molecular complexity index is 522. The van der Waals surface area contributed by atoms with Gasteiger partial charge >= 0.3 is 0 Å². The van der Waals surface area contributed by atoms with Crippen molar-refractivity contribution in [1.29, 1.82) is 0 Å². The summed E-state index contributed by atoms with van der Waals surface area (Å²) < 4.78 is 1.16. The number of hydrogen-bond acceptors (Lipinski definition) is 2. The Kier molecular flexibility index (Phi) is 5.19. The lowest BCUT2D eigenvalue weighted by Crippen LogP contribution is -2.33. The molecule has 0 spiro atoms. The molecule has 1 amide bonds. The maximum atomic E-state index is 12.1. The van der Waals surface area contributed by atoms with Gasteiger partial charge < -0.3 is 10.6 Å². The van der Waals surface area contributed by atoms with Crippen LogP contribution in [0.5, 0.6) is 0 Å². The van der Waals surface area contributed by atoms with Gasteiger partial charge in [0.25, 0.3) is 0 Å².